The van der Waals surface area contributed by atoms with E-state index in [4.69, 9.17) is 4.74 Å². The first-order chi connectivity index (χ1) is 8.81. The Morgan fingerprint density at radius 1 is 1.21 bits per heavy atom. The lowest BCUT2D eigenvalue weighted by Gasteiger charge is -2.22. The molecule has 104 valence electrons. The van der Waals surface area contributed by atoms with Crippen LogP contribution >= 0.6 is 12.4 Å². The van der Waals surface area contributed by atoms with Crippen LogP contribution in [0.1, 0.15) is 37.2 Å². The maximum atomic E-state index is 12.0. The van der Waals surface area contributed by atoms with E-state index in [2.05, 4.69) is 6.07 Å². The molecule has 1 fully saturated rings. The monoisotopic (exact) mass is 281 g/mol. The average molecular weight is 282 g/mol. The lowest BCUT2D eigenvalue weighted by molar-refractivity contribution is -0.452. The van der Waals surface area contributed by atoms with Crippen LogP contribution in [0.2, 0.25) is 0 Å². The summed E-state index contributed by atoms with van der Waals surface area (Å²) in [6, 6.07) is 8.12. The first-order valence-corrected chi connectivity index (χ1v) is 6.74. The second-order valence-electron chi connectivity index (χ2n) is 5.25. The molecule has 0 saturated heterocycles. The van der Waals surface area contributed by atoms with Crippen molar-refractivity contribution in [1.82, 2.24) is 0 Å². The molecule has 2 unspecified atom stereocenters. The van der Waals surface area contributed by atoms with Crippen LogP contribution in [-0.2, 0) is 0 Å². The van der Waals surface area contributed by atoms with Gasteiger partial charge in [0.25, 0.3) is 0 Å². The molecule has 1 aromatic rings. The molecule has 19 heavy (non-hydrogen) atoms. The number of hydrogen-bond donors (Lipinski definition) is 0. The molecule has 1 aliphatic carbocycles. The fourth-order valence-corrected chi connectivity index (χ4v) is 3.48. The molecule has 0 bridgehead atoms. The van der Waals surface area contributed by atoms with Gasteiger partial charge in [0.15, 0.2) is 12.3 Å². The van der Waals surface area contributed by atoms with Gasteiger partial charge in [0.2, 0.25) is 0 Å². The number of methoxy groups -OCH3 is 1. The first-order valence-electron chi connectivity index (χ1n) is 6.74. The second-order valence-corrected chi connectivity index (χ2v) is 5.25. The molecule has 0 N–H and O–H groups in total. The van der Waals surface area contributed by atoms with Gasteiger partial charge in [-0.3, -0.25) is 0 Å². The summed E-state index contributed by atoms with van der Waals surface area (Å²) in [5, 5.41) is 12.0. The summed E-state index contributed by atoms with van der Waals surface area (Å²) < 4.78 is 6.68. The number of para-hydroxylation sites is 1. The molecule has 1 aliphatic heterocycles. The summed E-state index contributed by atoms with van der Waals surface area (Å²) in [5.41, 5.74) is 2.32. The number of halogens is 1. The summed E-state index contributed by atoms with van der Waals surface area (Å²) in [6.45, 7) is 0.598. The largest absolute Gasteiger partial charge is 0.624 e. The Bertz CT molecular complexity index is 487. The predicted octanol–water partition coefficient (Wildman–Crippen LogP) is 3.36. The highest BCUT2D eigenvalue weighted by molar-refractivity contribution is 5.85. The number of fused-ring (bicyclic) bond motifs is 1. The molecule has 2 atom stereocenters. The summed E-state index contributed by atoms with van der Waals surface area (Å²) in [6.07, 6.45) is 4.55. The highest BCUT2D eigenvalue weighted by Crippen LogP contribution is 2.41. The van der Waals surface area contributed by atoms with E-state index < -0.39 is 0 Å². The Kier molecular flexibility index (Phi) is 4.35. The fraction of sp³-hybridized carbons (Fsp3) is 0.533. The minimum absolute atomic E-state index is 0. The Morgan fingerprint density at radius 3 is 2.79 bits per heavy atom. The van der Waals surface area contributed by atoms with E-state index in [0.29, 0.717) is 18.4 Å². The van der Waals surface area contributed by atoms with Gasteiger partial charge in [-0.2, -0.15) is 0 Å². The minimum atomic E-state index is 0. The van der Waals surface area contributed by atoms with Crippen molar-refractivity contribution in [3.05, 3.63) is 35.0 Å². The van der Waals surface area contributed by atoms with Crippen molar-refractivity contribution in [2.24, 2.45) is 5.92 Å². The molecule has 3 nitrogen and oxygen atoms in total. The molecule has 0 amide bonds. The normalized spacial score (nSPS) is 25.7. The summed E-state index contributed by atoms with van der Waals surface area (Å²) in [5.74, 6) is 1.67. The second kappa shape index (κ2) is 5.83. The van der Waals surface area contributed by atoms with E-state index in [0.717, 1.165) is 24.3 Å². The van der Waals surface area contributed by atoms with Crippen LogP contribution in [0.15, 0.2) is 24.3 Å². The van der Waals surface area contributed by atoms with Gasteiger partial charge in [-0.25, -0.2) is 4.74 Å². The standard InChI is InChI=1S/C15H19NO2.ClH/c1-18-15-9-5-3-7-12(15)13-10-16(17)14-8-4-2-6-11(13)14;/h3,5,7,9,11,13H,2,4,6,8,10H2,1H3;1H. The van der Waals surface area contributed by atoms with E-state index in [1.54, 1.807) is 7.11 Å². The van der Waals surface area contributed by atoms with Crippen molar-refractivity contribution in [3.63, 3.8) is 0 Å². The van der Waals surface area contributed by atoms with Gasteiger partial charge in [-0.05, 0) is 18.9 Å². The van der Waals surface area contributed by atoms with Crippen molar-refractivity contribution < 1.29 is 9.48 Å². The van der Waals surface area contributed by atoms with Gasteiger partial charge in [0.05, 0.1) is 18.9 Å². The highest BCUT2D eigenvalue weighted by atomic mass is 35.5. The van der Waals surface area contributed by atoms with E-state index in [1.807, 2.05) is 18.2 Å². The maximum absolute atomic E-state index is 12.0. The van der Waals surface area contributed by atoms with E-state index in [1.165, 1.54) is 23.1 Å². The molecule has 0 radical (unpaired) electrons. The van der Waals surface area contributed by atoms with Gasteiger partial charge in [0, 0.05) is 12.0 Å². The predicted molar refractivity (Wildman–Crippen MR) is 78.4 cm³/mol. The third-order valence-corrected chi connectivity index (χ3v) is 4.33. The molecule has 0 aromatic heterocycles. The van der Waals surface area contributed by atoms with Crippen LogP contribution in [-0.4, -0.2) is 24.1 Å². The maximum Gasteiger partial charge on any atom is 0.167 e. The summed E-state index contributed by atoms with van der Waals surface area (Å²) in [4.78, 5) is 0. The number of nitrogens with zero attached hydrogens (tertiary/aromatic N) is 1. The summed E-state index contributed by atoms with van der Waals surface area (Å²) in [7, 11) is 1.70. The SMILES string of the molecule is COc1ccccc1C1C[N+]([O-])=C2CCCCC21.Cl. The van der Waals surface area contributed by atoms with Crippen LogP contribution in [0.25, 0.3) is 0 Å². The molecular formula is C15H20ClNO2. The molecule has 1 saturated carbocycles. The number of benzene rings is 1. The zero-order valence-electron chi connectivity index (χ0n) is 11.2. The van der Waals surface area contributed by atoms with Crippen LogP contribution in [0.5, 0.6) is 5.75 Å². The number of hydroxylamine groups is 1. The molecule has 4 heteroatoms. The Hall–Kier alpha value is -1.22. The van der Waals surface area contributed by atoms with Crippen LogP contribution < -0.4 is 4.74 Å². The highest BCUT2D eigenvalue weighted by Gasteiger charge is 2.42. The van der Waals surface area contributed by atoms with Crippen LogP contribution in [0.3, 0.4) is 0 Å². The smallest absolute Gasteiger partial charge is 0.167 e. The quantitative estimate of drug-likeness (QED) is 0.615. The van der Waals surface area contributed by atoms with Gasteiger partial charge >= 0.3 is 0 Å². The zero-order valence-corrected chi connectivity index (χ0v) is 12.0. The van der Waals surface area contributed by atoms with Crippen LogP contribution in [0, 0.1) is 11.1 Å². The average Bonchev–Trinajstić information content (AvgIpc) is 2.77. The molecule has 3 rings (SSSR count). The Labute approximate surface area is 120 Å². The van der Waals surface area contributed by atoms with Gasteiger partial charge in [-0.1, -0.05) is 24.6 Å². The number of ether oxygens (including phenoxy) is 1. The first kappa shape index (κ1) is 14.2. The molecule has 1 heterocycles. The van der Waals surface area contributed by atoms with Gasteiger partial charge in [0.1, 0.15) is 5.75 Å². The Morgan fingerprint density at radius 2 is 2.00 bits per heavy atom. The zero-order chi connectivity index (χ0) is 12.5. The Balaban J connectivity index is 0.00000133. The van der Waals surface area contributed by atoms with Crippen molar-refractivity contribution >= 4 is 18.1 Å². The van der Waals surface area contributed by atoms with Crippen molar-refractivity contribution in [2.75, 3.05) is 13.7 Å². The van der Waals surface area contributed by atoms with Gasteiger partial charge < -0.3 is 9.94 Å². The molecule has 2 aliphatic rings. The van der Waals surface area contributed by atoms with Crippen LogP contribution in [0.4, 0.5) is 0 Å². The lowest BCUT2D eigenvalue weighted by Crippen LogP contribution is -2.22. The van der Waals surface area contributed by atoms with Crippen molar-refractivity contribution in [3.8, 4) is 5.75 Å². The van der Waals surface area contributed by atoms with E-state index >= 15 is 0 Å². The molecular weight excluding hydrogens is 262 g/mol. The molecule has 1 aromatic carbocycles. The van der Waals surface area contributed by atoms with Gasteiger partial charge in [-0.15, -0.1) is 12.4 Å². The third-order valence-electron chi connectivity index (χ3n) is 4.33. The summed E-state index contributed by atoms with van der Waals surface area (Å²) >= 11 is 0. The van der Waals surface area contributed by atoms with E-state index in [-0.39, 0.29) is 12.4 Å². The van der Waals surface area contributed by atoms with Crippen molar-refractivity contribution in [1.29, 1.82) is 0 Å². The third kappa shape index (κ3) is 2.44. The van der Waals surface area contributed by atoms with Crippen molar-refractivity contribution in [2.45, 2.75) is 31.6 Å². The topological polar surface area (TPSA) is 35.3 Å². The number of hydrogen-bond acceptors (Lipinski definition) is 2. The minimum Gasteiger partial charge on any atom is -0.624 e. The number of rotatable bonds is 2. The fourth-order valence-electron chi connectivity index (χ4n) is 3.48. The molecule has 0 spiro atoms. The van der Waals surface area contributed by atoms with E-state index in [9.17, 15) is 5.21 Å². The lowest BCUT2D eigenvalue weighted by atomic mass is 9.77.